The summed E-state index contributed by atoms with van der Waals surface area (Å²) in [5.41, 5.74) is 1.01. The molecule has 0 unspecified atom stereocenters. The molecule has 1 saturated heterocycles. The molecule has 7 heteroatoms. The van der Waals surface area contributed by atoms with Gasteiger partial charge in [-0.15, -0.1) is 0 Å². The molecule has 3 heterocycles. The lowest BCUT2D eigenvalue weighted by Crippen LogP contribution is -2.41. The van der Waals surface area contributed by atoms with Crippen LogP contribution in [0.1, 0.15) is 56.5 Å². The van der Waals surface area contributed by atoms with Crippen LogP contribution in [-0.2, 0) is 25.7 Å². The van der Waals surface area contributed by atoms with E-state index in [4.69, 9.17) is 9.15 Å². The first-order valence-electron chi connectivity index (χ1n) is 10.4. The molecule has 1 aromatic heterocycles. The summed E-state index contributed by atoms with van der Waals surface area (Å²) >= 11 is 0. The number of hydrogen-bond acceptors (Lipinski definition) is 5. The van der Waals surface area contributed by atoms with Crippen LogP contribution in [0.15, 0.2) is 27.8 Å². The summed E-state index contributed by atoms with van der Waals surface area (Å²) in [7, 11) is 1.37. The molecule has 1 aromatic rings. The van der Waals surface area contributed by atoms with Crippen LogP contribution in [0, 0.1) is 18.3 Å². The molecule has 2 aliphatic heterocycles. The zero-order valence-corrected chi connectivity index (χ0v) is 17.1. The van der Waals surface area contributed by atoms with Crippen LogP contribution in [0.25, 0.3) is 0 Å². The topological polar surface area (TPSA) is 88.8 Å². The maximum Gasteiger partial charge on any atom is 0.318 e. The minimum absolute atomic E-state index is 0.0269. The molecule has 4 rings (SSSR count). The van der Waals surface area contributed by atoms with Crippen molar-refractivity contribution in [3.8, 4) is 0 Å². The fourth-order valence-electron chi connectivity index (χ4n) is 5.30. The second-order valence-corrected chi connectivity index (χ2v) is 8.26. The van der Waals surface area contributed by atoms with Gasteiger partial charge >= 0.3 is 5.97 Å². The second-order valence-electron chi connectivity index (χ2n) is 8.26. The summed E-state index contributed by atoms with van der Waals surface area (Å²) in [6, 6.07) is 3.65. The van der Waals surface area contributed by atoms with E-state index in [-0.39, 0.29) is 30.7 Å². The molecule has 0 aromatic carbocycles. The van der Waals surface area contributed by atoms with Crippen molar-refractivity contribution in [2.75, 3.05) is 13.7 Å². The fourth-order valence-corrected chi connectivity index (χ4v) is 5.30. The minimum atomic E-state index is -1.03. The van der Waals surface area contributed by atoms with E-state index in [9.17, 15) is 14.4 Å². The van der Waals surface area contributed by atoms with E-state index in [1.54, 1.807) is 4.90 Å². The first-order valence-corrected chi connectivity index (χ1v) is 10.4. The van der Waals surface area contributed by atoms with E-state index < -0.39 is 11.3 Å². The van der Waals surface area contributed by atoms with Gasteiger partial charge in [-0.3, -0.25) is 14.4 Å². The third kappa shape index (κ3) is 3.26. The van der Waals surface area contributed by atoms with Gasteiger partial charge in [0, 0.05) is 18.7 Å². The Morgan fingerprint density at radius 1 is 1.28 bits per heavy atom. The second kappa shape index (κ2) is 7.69. The molecule has 29 heavy (non-hydrogen) atoms. The number of aryl methyl sites for hydroxylation is 1. The lowest BCUT2D eigenvalue weighted by molar-refractivity contribution is -0.155. The molecule has 3 aliphatic rings. The lowest BCUT2D eigenvalue weighted by atomic mass is 9.70. The molecule has 0 bridgehead atoms. The predicted octanol–water partition coefficient (Wildman–Crippen LogP) is 2.83. The van der Waals surface area contributed by atoms with Crippen LogP contribution in [0.2, 0.25) is 0 Å². The van der Waals surface area contributed by atoms with Gasteiger partial charge in [0.25, 0.3) is 0 Å². The molecule has 1 aliphatic carbocycles. The van der Waals surface area contributed by atoms with Crippen LogP contribution in [0.3, 0.4) is 0 Å². The quantitative estimate of drug-likeness (QED) is 0.768. The van der Waals surface area contributed by atoms with Gasteiger partial charge in [0.1, 0.15) is 16.9 Å². The van der Waals surface area contributed by atoms with Crippen molar-refractivity contribution in [2.45, 2.75) is 58.4 Å². The van der Waals surface area contributed by atoms with E-state index in [0.29, 0.717) is 18.7 Å². The maximum atomic E-state index is 13.3. The Labute approximate surface area is 170 Å². The van der Waals surface area contributed by atoms with Gasteiger partial charge in [-0.1, -0.05) is 6.42 Å². The first-order chi connectivity index (χ1) is 14.0. The zero-order valence-electron chi connectivity index (χ0n) is 17.1. The molecular weight excluding hydrogens is 372 g/mol. The predicted molar refractivity (Wildman–Crippen MR) is 104 cm³/mol. The van der Waals surface area contributed by atoms with Crippen molar-refractivity contribution < 1.29 is 23.5 Å². The maximum absolute atomic E-state index is 13.3. The molecule has 1 fully saturated rings. The SMILES string of the molecule is COC(=O)[C@@]12CCCCC3=C1N(CCC3)C(=O)[C@H]2CC(=O)NCc1ccc(C)o1. The van der Waals surface area contributed by atoms with Crippen molar-refractivity contribution in [2.24, 2.45) is 11.3 Å². The fraction of sp³-hybridized carbons (Fsp3) is 0.591. The van der Waals surface area contributed by atoms with E-state index in [1.165, 1.54) is 12.7 Å². The van der Waals surface area contributed by atoms with Crippen molar-refractivity contribution >= 4 is 17.8 Å². The number of carbonyl (C=O) groups excluding carboxylic acids is 3. The number of nitrogens with one attached hydrogen (secondary N) is 1. The van der Waals surface area contributed by atoms with Gasteiger partial charge in [-0.25, -0.2) is 0 Å². The summed E-state index contributed by atoms with van der Waals surface area (Å²) < 4.78 is 10.7. The molecule has 0 radical (unpaired) electrons. The number of methoxy groups -OCH3 is 1. The van der Waals surface area contributed by atoms with E-state index in [1.807, 2.05) is 19.1 Å². The Bertz CT molecular complexity index is 870. The highest BCUT2D eigenvalue weighted by atomic mass is 16.5. The average molecular weight is 400 g/mol. The third-order valence-corrected chi connectivity index (χ3v) is 6.54. The lowest BCUT2D eigenvalue weighted by Gasteiger charge is -2.34. The first kappa shape index (κ1) is 19.7. The number of carbonyl (C=O) groups is 3. The molecule has 2 atom stereocenters. The Morgan fingerprint density at radius 2 is 2.07 bits per heavy atom. The van der Waals surface area contributed by atoms with Crippen molar-refractivity contribution in [3.05, 3.63) is 34.9 Å². The van der Waals surface area contributed by atoms with Gasteiger partial charge in [-0.2, -0.15) is 0 Å². The third-order valence-electron chi connectivity index (χ3n) is 6.54. The number of rotatable bonds is 5. The number of amides is 2. The molecule has 2 amide bonds. The summed E-state index contributed by atoms with van der Waals surface area (Å²) in [4.78, 5) is 40.9. The van der Waals surface area contributed by atoms with Crippen LogP contribution >= 0.6 is 0 Å². The van der Waals surface area contributed by atoms with Gasteiger partial charge < -0.3 is 19.4 Å². The number of allylic oxidation sites excluding steroid dienone is 1. The van der Waals surface area contributed by atoms with Crippen LogP contribution in [0.4, 0.5) is 0 Å². The standard InChI is InChI=1S/C22H28N2O5/c1-14-8-9-16(29-14)13-23-18(25)12-17-20(26)24-11-5-7-15-6-3-4-10-22(17,19(15)24)21(27)28-2/h8-9,17H,3-7,10-13H2,1-2H3,(H,23,25)/t17-,22-/m1/s1. The molecule has 0 saturated carbocycles. The van der Waals surface area contributed by atoms with Crippen molar-refractivity contribution in [1.29, 1.82) is 0 Å². The van der Waals surface area contributed by atoms with Crippen LogP contribution in [0.5, 0.6) is 0 Å². The highest BCUT2D eigenvalue weighted by Crippen LogP contribution is 2.56. The van der Waals surface area contributed by atoms with Crippen LogP contribution < -0.4 is 5.32 Å². The number of nitrogens with zero attached hydrogens (tertiary/aromatic N) is 1. The van der Waals surface area contributed by atoms with Crippen molar-refractivity contribution in [1.82, 2.24) is 10.2 Å². The molecule has 7 nitrogen and oxygen atoms in total. The molecular formula is C22H28N2O5. The minimum Gasteiger partial charge on any atom is -0.468 e. The molecule has 1 N–H and O–H groups in total. The Kier molecular flexibility index (Phi) is 5.23. The highest BCUT2D eigenvalue weighted by molar-refractivity contribution is 5.99. The number of furan rings is 1. The zero-order chi connectivity index (χ0) is 20.6. The van der Waals surface area contributed by atoms with Gasteiger partial charge in [0.05, 0.1) is 19.6 Å². The van der Waals surface area contributed by atoms with Gasteiger partial charge in [0.2, 0.25) is 11.8 Å². The Balaban J connectivity index is 1.62. The summed E-state index contributed by atoms with van der Waals surface area (Å²) in [5, 5.41) is 2.83. The molecule has 0 spiro atoms. The number of ether oxygens (including phenoxy) is 1. The monoisotopic (exact) mass is 400 g/mol. The Morgan fingerprint density at radius 3 is 2.79 bits per heavy atom. The molecule has 156 valence electrons. The number of esters is 1. The Hall–Kier alpha value is -2.57. The van der Waals surface area contributed by atoms with Gasteiger partial charge in [-0.05, 0) is 56.7 Å². The van der Waals surface area contributed by atoms with E-state index in [0.717, 1.165) is 43.6 Å². The average Bonchev–Trinajstić information content (AvgIpc) is 3.16. The summed E-state index contributed by atoms with van der Waals surface area (Å²) in [6.45, 7) is 2.72. The largest absolute Gasteiger partial charge is 0.468 e. The normalized spacial score (nSPS) is 26.2. The summed E-state index contributed by atoms with van der Waals surface area (Å²) in [6.07, 6.45) is 5.09. The van der Waals surface area contributed by atoms with Gasteiger partial charge in [0.15, 0.2) is 0 Å². The number of hydrogen-bond donors (Lipinski definition) is 1. The smallest absolute Gasteiger partial charge is 0.318 e. The van der Waals surface area contributed by atoms with E-state index >= 15 is 0 Å². The van der Waals surface area contributed by atoms with Crippen LogP contribution in [-0.4, -0.2) is 36.3 Å². The van der Waals surface area contributed by atoms with E-state index in [2.05, 4.69) is 5.32 Å². The van der Waals surface area contributed by atoms with Crippen molar-refractivity contribution in [3.63, 3.8) is 0 Å². The summed E-state index contributed by atoms with van der Waals surface area (Å²) in [5.74, 6) is -0.0353. The highest BCUT2D eigenvalue weighted by Gasteiger charge is 2.62.